The lowest BCUT2D eigenvalue weighted by molar-refractivity contribution is 0.291. The van der Waals surface area contributed by atoms with Crippen LogP contribution in [0.3, 0.4) is 0 Å². The Hall–Kier alpha value is 0.270. The Bertz CT molecular complexity index is 57.0. The van der Waals surface area contributed by atoms with Gasteiger partial charge in [-0.05, 0) is 18.4 Å². The highest BCUT2D eigenvalue weighted by Gasteiger charge is 1.86. The molecule has 0 aliphatic carbocycles. The van der Waals surface area contributed by atoms with E-state index in [0.717, 1.165) is 6.54 Å². The van der Waals surface area contributed by atoms with Gasteiger partial charge in [-0.25, -0.2) is 0 Å². The summed E-state index contributed by atoms with van der Waals surface area (Å²) in [7, 11) is 4.03. The zero-order valence-corrected chi connectivity index (χ0v) is 7.29. The van der Waals surface area contributed by atoms with Crippen molar-refractivity contribution in [2.75, 3.05) is 32.6 Å². The Kier molecular flexibility index (Phi) is 6.58. The van der Waals surface area contributed by atoms with Crippen molar-refractivity contribution in [2.24, 2.45) is 0 Å². The molecule has 9 heavy (non-hydrogen) atoms. The van der Waals surface area contributed by atoms with E-state index in [4.69, 9.17) is 0 Å². The lowest BCUT2D eigenvalue weighted by Crippen LogP contribution is -2.31. The zero-order chi connectivity index (χ0) is 7.11. The molecular weight excluding hydrogens is 132 g/mol. The van der Waals surface area contributed by atoms with Gasteiger partial charge in [0.1, 0.15) is 0 Å². The maximum absolute atomic E-state index is 3.20. The predicted molar refractivity (Wildman–Crippen MR) is 44.7 cm³/mol. The largest absolute Gasteiger partial charge is 0.256 e. The van der Waals surface area contributed by atoms with E-state index >= 15 is 0 Å². The topological polar surface area (TPSA) is 15.3 Å². The minimum atomic E-state index is 1.09. The van der Waals surface area contributed by atoms with Crippen LogP contribution in [0.5, 0.6) is 0 Å². The van der Waals surface area contributed by atoms with E-state index in [1.54, 1.807) is 0 Å². The molecule has 0 spiro atoms. The Labute approximate surface area is 62.0 Å². The van der Waals surface area contributed by atoms with E-state index in [-0.39, 0.29) is 0 Å². The van der Waals surface area contributed by atoms with Crippen LogP contribution >= 0.6 is 11.8 Å². The summed E-state index contributed by atoms with van der Waals surface area (Å²) in [5, 5.41) is 1.99. The molecular formula is C6H16N2S. The fraction of sp³-hybridized carbons (Fsp3) is 1.00. The van der Waals surface area contributed by atoms with Crippen molar-refractivity contribution in [3.63, 3.8) is 0 Å². The van der Waals surface area contributed by atoms with E-state index in [1.165, 1.54) is 12.2 Å². The summed E-state index contributed by atoms with van der Waals surface area (Å²) in [6.07, 6.45) is 3.38. The molecule has 56 valence electrons. The summed E-state index contributed by atoms with van der Waals surface area (Å²) in [6.45, 7) is 1.09. The van der Waals surface area contributed by atoms with Gasteiger partial charge in [-0.15, -0.1) is 0 Å². The summed E-state index contributed by atoms with van der Waals surface area (Å²) < 4.78 is 0. The zero-order valence-electron chi connectivity index (χ0n) is 6.48. The number of hydrazine groups is 1. The van der Waals surface area contributed by atoms with Crippen molar-refractivity contribution in [1.82, 2.24) is 10.4 Å². The van der Waals surface area contributed by atoms with Crippen molar-refractivity contribution in [3.8, 4) is 0 Å². The molecule has 0 radical (unpaired) electrons. The summed E-state index contributed by atoms with van der Waals surface area (Å²) in [6, 6.07) is 0. The predicted octanol–water partition coefficient (Wildman–Crippen LogP) is 0.806. The van der Waals surface area contributed by atoms with E-state index in [0.29, 0.717) is 0 Å². The summed E-state index contributed by atoms with van der Waals surface area (Å²) in [5.41, 5.74) is 3.20. The van der Waals surface area contributed by atoms with Gasteiger partial charge in [-0.1, -0.05) is 0 Å². The molecule has 2 nitrogen and oxygen atoms in total. The molecule has 0 aliphatic heterocycles. The van der Waals surface area contributed by atoms with E-state index in [9.17, 15) is 0 Å². The first-order valence-electron chi connectivity index (χ1n) is 3.17. The molecule has 0 amide bonds. The third kappa shape index (κ3) is 8.27. The first-order valence-corrected chi connectivity index (χ1v) is 4.56. The number of nitrogens with zero attached hydrogens (tertiary/aromatic N) is 1. The van der Waals surface area contributed by atoms with Gasteiger partial charge in [-0.2, -0.15) is 11.8 Å². The van der Waals surface area contributed by atoms with Crippen LogP contribution in [0.2, 0.25) is 0 Å². The highest BCUT2D eigenvalue weighted by molar-refractivity contribution is 7.98. The molecule has 0 aromatic carbocycles. The SMILES string of the molecule is CSCCCNN(C)C. The Morgan fingerprint density at radius 3 is 2.56 bits per heavy atom. The molecule has 0 saturated carbocycles. The van der Waals surface area contributed by atoms with Gasteiger partial charge in [-0.3, -0.25) is 10.4 Å². The highest BCUT2D eigenvalue weighted by Crippen LogP contribution is 1.92. The van der Waals surface area contributed by atoms with Crippen LogP contribution in [0.1, 0.15) is 6.42 Å². The molecule has 0 aromatic rings. The fourth-order valence-electron chi connectivity index (χ4n) is 0.519. The van der Waals surface area contributed by atoms with E-state index in [1.807, 2.05) is 30.9 Å². The van der Waals surface area contributed by atoms with Crippen molar-refractivity contribution in [1.29, 1.82) is 0 Å². The maximum atomic E-state index is 3.20. The van der Waals surface area contributed by atoms with Crippen LogP contribution in [-0.2, 0) is 0 Å². The third-order valence-electron chi connectivity index (χ3n) is 0.953. The molecule has 0 unspecified atom stereocenters. The number of rotatable bonds is 5. The molecule has 0 aliphatic rings. The normalized spacial score (nSPS) is 10.7. The Morgan fingerprint density at radius 1 is 1.44 bits per heavy atom. The molecule has 3 heteroatoms. The van der Waals surface area contributed by atoms with Gasteiger partial charge in [0.05, 0.1) is 0 Å². The van der Waals surface area contributed by atoms with Gasteiger partial charge in [0.2, 0.25) is 0 Å². The second-order valence-corrected chi connectivity index (χ2v) is 3.13. The number of nitrogens with one attached hydrogen (secondary N) is 1. The van der Waals surface area contributed by atoms with Crippen LogP contribution in [0, 0.1) is 0 Å². The second kappa shape index (κ2) is 6.39. The second-order valence-electron chi connectivity index (χ2n) is 2.15. The summed E-state index contributed by atoms with van der Waals surface area (Å²) >= 11 is 1.89. The van der Waals surface area contributed by atoms with Gasteiger partial charge < -0.3 is 0 Å². The van der Waals surface area contributed by atoms with Crippen LogP contribution in [-0.4, -0.2) is 37.7 Å². The van der Waals surface area contributed by atoms with Crippen LogP contribution in [0.15, 0.2) is 0 Å². The minimum Gasteiger partial charge on any atom is -0.256 e. The van der Waals surface area contributed by atoms with Crippen molar-refractivity contribution in [2.45, 2.75) is 6.42 Å². The first-order chi connectivity index (χ1) is 4.27. The van der Waals surface area contributed by atoms with Crippen LogP contribution in [0.25, 0.3) is 0 Å². The minimum absolute atomic E-state index is 1.09. The third-order valence-corrected chi connectivity index (χ3v) is 1.65. The first kappa shape index (κ1) is 9.27. The Morgan fingerprint density at radius 2 is 2.11 bits per heavy atom. The Balaban J connectivity index is 2.75. The van der Waals surface area contributed by atoms with Gasteiger partial charge in [0.15, 0.2) is 0 Å². The monoisotopic (exact) mass is 148 g/mol. The van der Waals surface area contributed by atoms with Gasteiger partial charge in [0.25, 0.3) is 0 Å². The van der Waals surface area contributed by atoms with Gasteiger partial charge in [0, 0.05) is 20.6 Å². The fourth-order valence-corrected chi connectivity index (χ4v) is 0.952. The lowest BCUT2D eigenvalue weighted by Gasteiger charge is -2.10. The van der Waals surface area contributed by atoms with Crippen LogP contribution < -0.4 is 5.43 Å². The molecule has 0 saturated heterocycles. The van der Waals surface area contributed by atoms with Crippen molar-refractivity contribution in [3.05, 3.63) is 0 Å². The number of thioether (sulfide) groups is 1. The number of hydrogen-bond donors (Lipinski definition) is 1. The molecule has 0 rings (SSSR count). The average Bonchev–Trinajstić information content (AvgIpc) is 1.80. The number of hydrogen-bond acceptors (Lipinski definition) is 3. The summed E-state index contributed by atoms with van der Waals surface area (Å²) in [4.78, 5) is 0. The lowest BCUT2D eigenvalue weighted by atomic mass is 10.5. The molecule has 0 fully saturated rings. The standard InChI is InChI=1S/C6H16N2S/c1-8(2)7-5-4-6-9-3/h7H,4-6H2,1-3H3. The van der Waals surface area contributed by atoms with Gasteiger partial charge >= 0.3 is 0 Å². The molecule has 0 bridgehead atoms. The van der Waals surface area contributed by atoms with Crippen molar-refractivity contribution < 1.29 is 0 Å². The summed E-state index contributed by atoms with van der Waals surface area (Å²) in [5.74, 6) is 1.25. The van der Waals surface area contributed by atoms with Crippen LogP contribution in [0.4, 0.5) is 0 Å². The molecule has 0 heterocycles. The van der Waals surface area contributed by atoms with E-state index < -0.39 is 0 Å². The molecule has 1 N–H and O–H groups in total. The van der Waals surface area contributed by atoms with Crippen molar-refractivity contribution >= 4 is 11.8 Å². The van der Waals surface area contributed by atoms with E-state index in [2.05, 4.69) is 11.7 Å². The molecule has 0 atom stereocenters. The highest BCUT2D eigenvalue weighted by atomic mass is 32.2. The molecule has 0 aromatic heterocycles. The quantitative estimate of drug-likeness (QED) is 0.459. The maximum Gasteiger partial charge on any atom is 0.0110 e. The smallest absolute Gasteiger partial charge is 0.0110 e. The average molecular weight is 148 g/mol.